The van der Waals surface area contributed by atoms with Gasteiger partial charge in [0.15, 0.2) is 0 Å². The van der Waals surface area contributed by atoms with Crippen LogP contribution in [0.1, 0.15) is 33.8 Å². The van der Waals surface area contributed by atoms with Crippen molar-refractivity contribution in [2.24, 2.45) is 0 Å². The molecule has 0 saturated heterocycles. The molecule has 3 aromatic carbocycles. The van der Waals surface area contributed by atoms with E-state index in [9.17, 15) is 0 Å². The number of pyridine rings is 1. The van der Waals surface area contributed by atoms with Gasteiger partial charge in [0.2, 0.25) is 0 Å². The molecule has 0 atom stereocenters. The number of H-pyrrole nitrogens is 3. The number of nitrogens with zero attached hydrogens (tertiary/aromatic N) is 4. The lowest BCUT2D eigenvalue weighted by atomic mass is 10.1. The van der Waals surface area contributed by atoms with E-state index in [4.69, 9.17) is 0 Å². The van der Waals surface area contributed by atoms with Crippen LogP contribution in [0.25, 0.3) is 33.1 Å². The molecule has 7 nitrogen and oxygen atoms in total. The van der Waals surface area contributed by atoms with Gasteiger partial charge < -0.3 is 0 Å². The molecule has 0 spiro atoms. The average Bonchev–Trinajstić information content (AvgIpc) is 4.06. The number of hydrogen-bond acceptors (Lipinski definition) is 6. The molecule has 0 amide bonds. The molecule has 0 aliphatic carbocycles. The summed E-state index contributed by atoms with van der Waals surface area (Å²) in [7, 11) is 0. The molecule has 0 bridgehead atoms. The average molecular weight is 795 g/mol. The molecule has 6 aromatic heterocycles. The van der Waals surface area contributed by atoms with Gasteiger partial charge in [-0.3, -0.25) is 20.3 Å². The standard InChI is InChI=1S/C15H13N3.C14H11BrN2S.C14H12N2S/c1-2-5-12(6-3-1)9-14-10-15(18-17-14)13-7-4-8-16-11-13;15-13-9-18-8-12(13)14-7-11(16-17-14)6-10-4-2-1-3-5-10;1-2-5-11(6-3-1)9-12-10-13(16-15-12)14-7-4-8-17-14/h1-8,10-11H,9H2,(H,17,18);1-5,7-9H,6H2,(H,16,17);1-8,10H,9H2,(H,15,16). The van der Waals surface area contributed by atoms with E-state index in [2.05, 4.69) is 153 Å². The molecule has 0 saturated carbocycles. The Morgan fingerprint density at radius 2 is 1.06 bits per heavy atom. The van der Waals surface area contributed by atoms with Crippen LogP contribution in [-0.4, -0.2) is 35.6 Å². The highest BCUT2D eigenvalue weighted by Crippen LogP contribution is 2.31. The maximum atomic E-state index is 4.37. The first-order valence-electron chi connectivity index (χ1n) is 17.1. The monoisotopic (exact) mass is 793 g/mol. The minimum Gasteiger partial charge on any atom is -0.282 e. The summed E-state index contributed by atoms with van der Waals surface area (Å²) in [5, 5.41) is 28.5. The van der Waals surface area contributed by atoms with Gasteiger partial charge in [0.05, 0.1) is 16.3 Å². The summed E-state index contributed by atoms with van der Waals surface area (Å²) in [6, 6.07) is 45.5. The molecule has 53 heavy (non-hydrogen) atoms. The molecule has 0 aliphatic rings. The first kappa shape index (κ1) is 35.7. The molecule has 0 radical (unpaired) electrons. The number of rotatable bonds is 9. The Morgan fingerprint density at radius 1 is 0.528 bits per heavy atom. The van der Waals surface area contributed by atoms with Crippen LogP contribution >= 0.6 is 38.6 Å². The number of thiophene rings is 2. The third kappa shape index (κ3) is 10.2. The van der Waals surface area contributed by atoms with Crippen LogP contribution in [0.15, 0.2) is 166 Å². The summed E-state index contributed by atoms with van der Waals surface area (Å²) >= 11 is 6.92. The van der Waals surface area contributed by atoms with Gasteiger partial charge in [0.25, 0.3) is 0 Å². The van der Waals surface area contributed by atoms with Gasteiger partial charge in [-0.05, 0) is 74.4 Å². The van der Waals surface area contributed by atoms with E-state index in [0.29, 0.717) is 0 Å². The van der Waals surface area contributed by atoms with Gasteiger partial charge >= 0.3 is 0 Å². The Kier molecular flexibility index (Phi) is 12.3. The number of halogens is 1. The fraction of sp³-hybridized carbons (Fsp3) is 0.0698. The second-order valence-electron chi connectivity index (χ2n) is 12.2. The summed E-state index contributed by atoms with van der Waals surface area (Å²) < 4.78 is 1.10. The fourth-order valence-corrected chi connectivity index (χ4v) is 7.80. The van der Waals surface area contributed by atoms with E-state index in [1.807, 2.05) is 54.7 Å². The van der Waals surface area contributed by atoms with Crippen LogP contribution in [0.2, 0.25) is 0 Å². The number of benzene rings is 3. The number of aromatic nitrogens is 7. The zero-order chi connectivity index (χ0) is 36.1. The predicted octanol–water partition coefficient (Wildman–Crippen LogP) is 11.3. The molecular weight excluding hydrogens is 759 g/mol. The highest BCUT2D eigenvalue weighted by Gasteiger charge is 2.09. The Morgan fingerprint density at radius 3 is 1.55 bits per heavy atom. The van der Waals surface area contributed by atoms with Crippen molar-refractivity contribution in [2.75, 3.05) is 0 Å². The van der Waals surface area contributed by atoms with Crippen molar-refractivity contribution >= 4 is 38.6 Å². The second kappa shape index (κ2) is 18.2. The van der Waals surface area contributed by atoms with Gasteiger partial charge in [-0.15, -0.1) is 11.3 Å². The molecule has 0 fully saturated rings. The Bertz CT molecular complexity index is 2380. The molecule has 10 heteroatoms. The third-order valence-electron chi connectivity index (χ3n) is 8.23. The molecule has 6 heterocycles. The Balaban J connectivity index is 0.000000123. The second-order valence-corrected chi connectivity index (χ2v) is 14.7. The first-order valence-corrected chi connectivity index (χ1v) is 19.7. The SMILES string of the molecule is Brc1cscc1-c1cc(Cc2ccccc2)[nH]n1.c1ccc(Cc2cc(-c3cccnc3)n[nH]2)cc1.c1ccc(Cc2cc(-c3cccs3)n[nH]2)cc1. The number of aromatic amines is 3. The van der Waals surface area contributed by atoms with Crippen molar-refractivity contribution in [3.05, 3.63) is 200 Å². The molecule has 3 N–H and O–H groups in total. The van der Waals surface area contributed by atoms with Crippen molar-refractivity contribution < 1.29 is 0 Å². The van der Waals surface area contributed by atoms with Gasteiger partial charge in [0.1, 0.15) is 5.69 Å². The summed E-state index contributed by atoms with van der Waals surface area (Å²) in [4.78, 5) is 5.31. The van der Waals surface area contributed by atoms with Gasteiger partial charge in [0, 0.05) is 75.1 Å². The zero-order valence-electron chi connectivity index (χ0n) is 28.7. The maximum absolute atomic E-state index is 4.37. The minimum atomic E-state index is 0.869. The van der Waals surface area contributed by atoms with Crippen LogP contribution in [0, 0.1) is 0 Å². The van der Waals surface area contributed by atoms with Gasteiger partial charge in [-0.2, -0.15) is 26.6 Å². The quantitative estimate of drug-likeness (QED) is 0.135. The lowest BCUT2D eigenvalue weighted by molar-refractivity contribution is 0.998. The normalized spacial score (nSPS) is 10.6. The highest BCUT2D eigenvalue weighted by molar-refractivity contribution is 9.10. The minimum absolute atomic E-state index is 0.869. The lowest BCUT2D eigenvalue weighted by Crippen LogP contribution is -1.87. The molecule has 0 unspecified atom stereocenters. The number of nitrogens with one attached hydrogen (secondary N) is 3. The smallest absolute Gasteiger partial charge is 0.102 e. The largest absolute Gasteiger partial charge is 0.282 e. The summed E-state index contributed by atoms with van der Waals surface area (Å²) in [6.07, 6.45) is 6.24. The van der Waals surface area contributed by atoms with Crippen molar-refractivity contribution in [3.8, 4) is 33.1 Å². The zero-order valence-corrected chi connectivity index (χ0v) is 31.9. The van der Waals surface area contributed by atoms with Crippen molar-refractivity contribution in [1.29, 1.82) is 0 Å². The molecule has 9 aromatic rings. The topological polar surface area (TPSA) is 98.9 Å². The lowest BCUT2D eigenvalue weighted by Gasteiger charge is -1.96. The van der Waals surface area contributed by atoms with Gasteiger partial charge in [-0.25, -0.2) is 0 Å². The van der Waals surface area contributed by atoms with E-state index >= 15 is 0 Å². The van der Waals surface area contributed by atoms with Crippen LogP contribution in [0.4, 0.5) is 0 Å². The molecule has 9 rings (SSSR count). The van der Waals surface area contributed by atoms with E-state index in [-0.39, 0.29) is 0 Å². The fourth-order valence-electron chi connectivity index (χ4n) is 5.62. The number of hydrogen-bond donors (Lipinski definition) is 3. The Hall–Kier alpha value is -5.68. The summed E-state index contributed by atoms with van der Waals surface area (Å²) in [5.74, 6) is 0. The first-order chi connectivity index (χ1) is 26.2. The van der Waals surface area contributed by atoms with Crippen LogP contribution in [-0.2, 0) is 19.3 Å². The van der Waals surface area contributed by atoms with Gasteiger partial charge in [-0.1, -0.05) is 97.1 Å². The third-order valence-corrected chi connectivity index (χ3v) is 10.8. The van der Waals surface area contributed by atoms with Crippen molar-refractivity contribution in [1.82, 2.24) is 35.6 Å². The van der Waals surface area contributed by atoms with Crippen molar-refractivity contribution in [2.45, 2.75) is 19.3 Å². The molecule has 262 valence electrons. The highest BCUT2D eigenvalue weighted by atomic mass is 79.9. The van der Waals surface area contributed by atoms with Crippen LogP contribution < -0.4 is 0 Å². The maximum Gasteiger partial charge on any atom is 0.102 e. The summed E-state index contributed by atoms with van der Waals surface area (Å²) in [5.41, 5.74) is 12.4. The summed E-state index contributed by atoms with van der Waals surface area (Å²) in [6.45, 7) is 0. The van der Waals surface area contributed by atoms with Crippen LogP contribution in [0.3, 0.4) is 0 Å². The predicted molar refractivity (Wildman–Crippen MR) is 221 cm³/mol. The van der Waals surface area contributed by atoms with Crippen molar-refractivity contribution in [3.63, 3.8) is 0 Å². The Labute approximate surface area is 325 Å². The molecular formula is C43H36BrN7S2. The van der Waals surface area contributed by atoms with E-state index in [1.165, 1.54) is 21.6 Å². The van der Waals surface area contributed by atoms with E-state index in [0.717, 1.165) is 69.0 Å². The molecule has 0 aliphatic heterocycles. The van der Waals surface area contributed by atoms with E-state index in [1.54, 1.807) is 28.9 Å². The van der Waals surface area contributed by atoms with E-state index < -0.39 is 0 Å². The van der Waals surface area contributed by atoms with Crippen LogP contribution in [0.5, 0.6) is 0 Å².